The van der Waals surface area contributed by atoms with Crippen molar-refractivity contribution >= 4 is 0 Å². The van der Waals surface area contributed by atoms with Crippen LogP contribution in [0.15, 0.2) is 54.6 Å². The number of hydrogen-bond donors (Lipinski definition) is 1. The first-order valence-electron chi connectivity index (χ1n) is 7.88. The van der Waals surface area contributed by atoms with Gasteiger partial charge in [-0.25, -0.2) is 0 Å². The molecule has 1 N–H and O–H groups in total. The highest BCUT2D eigenvalue weighted by Crippen LogP contribution is 2.28. The first-order chi connectivity index (χ1) is 10.1. The van der Waals surface area contributed by atoms with E-state index in [-0.39, 0.29) is 0 Å². The molecule has 1 nitrogen and oxygen atoms in total. The summed E-state index contributed by atoms with van der Waals surface area (Å²) in [5.41, 5.74) is 3.64. The molecule has 0 radical (unpaired) electrons. The van der Waals surface area contributed by atoms with Crippen molar-refractivity contribution in [1.29, 1.82) is 0 Å². The van der Waals surface area contributed by atoms with Crippen LogP contribution in [0, 0.1) is 5.92 Å². The van der Waals surface area contributed by atoms with Crippen molar-refractivity contribution in [2.45, 2.75) is 45.6 Å². The van der Waals surface area contributed by atoms with Crippen molar-refractivity contribution in [3.05, 3.63) is 71.3 Å². The number of rotatable bonds is 6. The highest BCUT2D eigenvalue weighted by molar-refractivity contribution is 5.26. The Bertz CT molecular complexity index is 545. The maximum Gasteiger partial charge on any atom is 0.0795 e. The summed E-state index contributed by atoms with van der Waals surface area (Å²) in [7, 11) is 0. The van der Waals surface area contributed by atoms with E-state index in [0.717, 1.165) is 18.4 Å². The molecule has 0 aliphatic carbocycles. The summed E-state index contributed by atoms with van der Waals surface area (Å²) >= 11 is 0. The minimum atomic E-state index is -0.396. The summed E-state index contributed by atoms with van der Waals surface area (Å²) < 4.78 is 0. The first-order valence-corrected chi connectivity index (χ1v) is 7.88. The van der Waals surface area contributed by atoms with Gasteiger partial charge in [0.25, 0.3) is 0 Å². The molecule has 0 fully saturated rings. The maximum absolute atomic E-state index is 10.5. The van der Waals surface area contributed by atoms with E-state index in [0.29, 0.717) is 11.8 Å². The van der Waals surface area contributed by atoms with Crippen LogP contribution in [-0.2, 0) is 6.42 Å². The zero-order valence-corrected chi connectivity index (χ0v) is 13.3. The minimum absolute atomic E-state index is 0.356. The smallest absolute Gasteiger partial charge is 0.0795 e. The van der Waals surface area contributed by atoms with Gasteiger partial charge in [-0.1, -0.05) is 75.4 Å². The SMILES string of the molecule is CC(C)Cc1cccc(C(O)CC(C)c2ccccc2)c1. The van der Waals surface area contributed by atoms with E-state index in [2.05, 4.69) is 63.2 Å². The monoisotopic (exact) mass is 282 g/mol. The molecule has 2 aromatic rings. The molecule has 0 saturated heterocycles. The quantitative estimate of drug-likeness (QED) is 0.780. The Hall–Kier alpha value is -1.60. The van der Waals surface area contributed by atoms with Crippen molar-refractivity contribution in [3.8, 4) is 0 Å². The van der Waals surface area contributed by atoms with Crippen LogP contribution in [0.4, 0.5) is 0 Å². The summed E-state index contributed by atoms with van der Waals surface area (Å²) in [6.45, 7) is 6.62. The Labute approximate surface area is 128 Å². The molecule has 0 spiro atoms. The van der Waals surface area contributed by atoms with Gasteiger partial charge in [0.2, 0.25) is 0 Å². The zero-order valence-electron chi connectivity index (χ0n) is 13.3. The molecule has 0 aliphatic rings. The van der Waals surface area contributed by atoms with Crippen molar-refractivity contribution in [1.82, 2.24) is 0 Å². The van der Waals surface area contributed by atoms with Crippen LogP contribution < -0.4 is 0 Å². The molecule has 2 aromatic carbocycles. The fourth-order valence-electron chi connectivity index (χ4n) is 2.79. The molecule has 2 unspecified atom stereocenters. The summed E-state index contributed by atoms with van der Waals surface area (Å²) in [6.07, 6.45) is 1.43. The Kier molecular flexibility index (Phi) is 5.58. The van der Waals surface area contributed by atoms with Gasteiger partial charge >= 0.3 is 0 Å². The van der Waals surface area contributed by atoms with Crippen LogP contribution in [0.5, 0.6) is 0 Å². The van der Waals surface area contributed by atoms with Crippen LogP contribution in [0.2, 0.25) is 0 Å². The fourth-order valence-corrected chi connectivity index (χ4v) is 2.79. The molecule has 21 heavy (non-hydrogen) atoms. The van der Waals surface area contributed by atoms with E-state index >= 15 is 0 Å². The number of benzene rings is 2. The molecule has 0 aliphatic heterocycles. The summed E-state index contributed by atoms with van der Waals surface area (Å²) in [5.74, 6) is 0.996. The van der Waals surface area contributed by atoms with Gasteiger partial charge in [-0.3, -0.25) is 0 Å². The van der Waals surface area contributed by atoms with Gasteiger partial charge in [-0.05, 0) is 41.4 Å². The Morgan fingerprint density at radius 2 is 1.52 bits per heavy atom. The molecule has 0 amide bonds. The Balaban J connectivity index is 2.04. The lowest BCUT2D eigenvalue weighted by Gasteiger charge is -2.18. The second kappa shape index (κ2) is 7.42. The largest absolute Gasteiger partial charge is 0.388 e. The van der Waals surface area contributed by atoms with Crippen molar-refractivity contribution in [2.75, 3.05) is 0 Å². The Morgan fingerprint density at radius 3 is 2.19 bits per heavy atom. The lowest BCUT2D eigenvalue weighted by molar-refractivity contribution is 0.159. The molecular weight excluding hydrogens is 256 g/mol. The van der Waals surface area contributed by atoms with Gasteiger partial charge in [0, 0.05) is 0 Å². The fraction of sp³-hybridized carbons (Fsp3) is 0.400. The molecule has 1 heteroatoms. The summed E-state index contributed by atoms with van der Waals surface area (Å²) in [6, 6.07) is 18.8. The number of aliphatic hydroxyl groups excluding tert-OH is 1. The van der Waals surface area contributed by atoms with Crippen LogP contribution in [-0.4, -0.2) is 5.11 Å². The van der Waals surface area contributed by atoms with Gasteiger partial charge in [-0.2, -0.15) is 0 Å². The predicted octanol–water partition coefficient (Wildman–Crippen LogP) is 5.11. The molecule has 112 valence electrons. The average Bonchev–Trinajstić information content (AvgIpc) is 2.47. The molecule has 2 rings (SSSR count). The molecular formula is C20H26O. The lowest BCUT2D eigenvalue weighted by atomic mass is 9.91. The topological polar surface area (TPSA) is 20.2 Å². The second-order valence-electron chi connectivity index (χ2n) is 6.41. The van der Waals surface area contributed by atoms with Gasteiger partial charge in [0.15, 0.2) is 0 Å². The van der Waals surface area contributed by atoms with Crippen molar-refractivity contribution in [2.24, 2.45) is 5.92 Å². The molecule has 0 saturated carbocycles. The van der Waals surface area contributed by atoms with Gasteiger partial charge < -0.3 is 5.11 Å². The van der Waals surface area contributed by atoms with Gasteiger partial charge in [0.1, 0.15) is 0 Å². The molecule has 0 heterocycles. The standard InChI is InChI=1S/C20H26O/c1-15(2)12-17-8-7-11-19(14-17)20(21)13-16(3)18-9-5-4-6-10-18/h4-11,14-16,20-21H,12-13H2,1-3H3. The van der Waals surface area contributed by atoms with E-state index in [4.69, 9.17) is 0 Å². The summed E-state index contributed by atoms with van der Waals surface area (Å²) in [4.78, 5) is 0. The third-order valence-corrected chi connectivity index (χ3v) is 3.93. The zero-order chi connectivity index (χ0) is 15.2. The summed E-state index contributed by atoms with van der Waals surface area (Å²) in [5, 5.41) is 10.5. The minimum Gasteiger partial charge on any atom is -0.388 e. The van der Waals surface area contributed by atoms with E-state index < -0.39 is 6.10 Å². The van der Waals surface area contributed by atoms with Crippen LogP contribution in [0.25, 0.3) is 0 Å². The average molecular weight is 282 g/mol. The van der Waals surface area contributed by atoms with Crippen LogP contribution in [0.3, 0.4) is 0 Å². The van der Waals surface area contributed by atoms with E-state index in [1.165, 1.54) is 11.1 Å². The van der Waals surface area contributed by atoms with Crippen molar-refractivity contribution in [3.63, 3.8) is 0 Å². The van der Waals surface area contributed by atoms with Gasteiger partial charge in [0.05, 0.1) is 6.10 Å². The van der Waals surface area contributed by atoms with Crippen molar-refractivity contribution < 1.29 is 5.11 Å². The normalized spacial score (nSPS) is 14.1. The molecule has 0 bridgehead atoms. The van der Waals surface area contributed by atoms with Crippen LogP contribution in [0.1, 0.15) is 55.9 Å². The second-order valence-corrected chi connectivity index (χ2v) is 6.41. The number of hydrogen-bond acceptors (Lipinski definition) is 1. The molecule has 0 aromatic heterocycles. The van der Waals surface area contributed by atoms with E-state index in [1.54, 1.807) is 0 Å². The highest BCUT2D eigenvalue weighted by atomic mass is 16.3. The highest BCUT2D eigenvalue weighted by Gasteiger charge is 2.14. The van der Waals surface area contributed by atoms with Crippen LogP contribution >= 0.6 is 0 Å². The van der Waals surface area contributed by atoms with Gasteiger partial charge in [-0.15, -0.1) is 0 Å². The third kappa shape index (κ3) is 4.71. The third-order valence-electron chi connectivity index (χ3n) is 3.93. The first kappa shape index (κ1) is 15.8. The predicted molar refractivity (Wildman–Crippen MR) is 89.4 cm³/mol. The number of aliphatic hydroxyl groups is 1. The maximum atomic E-state index is 10.5. The lowest BCUT2D eigenvalue weighted by Crippen LogP contribution is -2.04. The van der Waals surface area contributed by atoms with E-state index in [1.807, 2.05) is 12.1 Å². The van der Waals surface area contributed by atoms with E-state index in [9.17, 15) is 5.11 Å². The Morgan fingerprint density at radius 1 is 0.857 bits per heavy atom. The molecule has 2 atom stereocenters.